The van der Waals surface area contributed by atoms with E-state index in [0.717, 1.165) is 42.6 Å². The lowest BCUT2D eigenvalue weighted by molar-refractivity contribution is 0.0177. The molecule has 1 aromatic carbocycles. The largest absolute Gasteiger partial charge is 0.487 e. The molecule has 116 valence electrons. The van der Waals surface area contributed by atoms with Crippen LogP contribution in [0.1, 0.15) is 44.2 Å². The second-order valence-electron chi connectivity index (χ2n) is 6.30. The Bertz CT molecular complexity index is 508. The number of nitrogens with zero attached hydrogens (tertiary/aromatic N) is 1. The zero-order valence-corrected chi connectivity index (χ0v) is 14.6. The van der Waals surface area contributed by atoms with E-state index in [9.17, 15) is 0 Å². The molecule has 3 rings (SSSR count). The maximum absolute atomic E-state index is 6.55. The molecule has 0 amide bonds. The summed E-state index contributed by atoms with van der Waals surface area (Å²) in [7, 11) is 2.06. The van der Waals surface area contributed by atoms with E-state index in [0.29, 0.717) is 6.04 Å². The van der Waals surface area contributed by atoms with Crippen LogP contribution in [0.3, 0.4) is 0 Å². The van der Waals surface area contributed by atoms with Gasteiger partial charge in [0, 0.05) is 29.0 Å². The molecule has 2 unspecified atom stereocenters. The highest BCUT2D eigenvalue weighted by atomic mass is 79.9. The maximum atomic E-state index is 6.55. The van der Waals surface area contributed by atoms with E-state index in [-0.39, 0.29) is 5.60 Å². The van der Waals surface area contributed by atoms with Gasteiger partial charge in [0.2, 0.25) is 0 Å². The summed E-state index contributed by atoms with van der Waals surface area (Å²) in [5, 5.41) is 3.49. The summed E-state index contributed by atoms with van der Waals surface area (Å²) in [5.74, 6) is 1.06. The first-order valence-electron chi connectivity index (χ1n) is 8.04. The second-order valence-corrected chi connectivity index (χ2v) is 7.22. The molecule has 0 aliphatic carbocycles. The molecule has 2 atom stereocenters. The van der Waals surface area contributed by atoms with E-state index in [2.05, 4.69) is 58.3 Å². The Morgan fingerprint density at radius 2 is 2.24 bits per heavy atom. The van der Waals surface area contributed by atoms with Gasteiger partial charge < -0.3 is 15.0 Å². The van der Waals surface area contributed by atoms with Crippen molar-refractivity contribution in [3.05, 3.63) is 28.2 Å². The van der Waals surface area contributed by atoms with Gasteiger partial charge in [0.15, 0.2) is 0 Å². The topological polar surface area (TPSA) is 24.5 Å². The van der Waals surface area contributed by atoms with Crippen LogP contribution in [0.25, 0.3) is 0 Å². The number of benzene rings is 1. The highest BCUT2D eigenvalue weighted by molar-refractivity contribution is 9.10. The number of fused-ring (bicyclic) bond motifs is 1. The molecule has 0 bridgehead atoms. The molecule has 1 N–H and O–H groups in total. The van der Waals surface area contributed by atoms with Gasteiger partial charge in [-0.2, -0.15) is 0 Å². The molecule has 2 aliphatic rings. The fourth-order valence-corrected chi connectivity index (χ4v) is 4.08. The molecular weight excluding hydrogens is 328 g/mol. The highest BCUT2D eigenvalue weighted by Gasteiger charge is 2.41. The lowest BCUT2D eigenvalue weighted by Crippen LogP contribution is -2.44. The van der Waals surface area contributed by atoms with Gasteiger partial charge in [0.05, 0.1) is 0 Å². The van der Waals surface area contributed by atoms with Gasteiger partial charge in [0.1, 0.15) is 11.4 Å². The average molecular weight is 353 g/mol. The molecule has 1 aromatic rings. The number of rotatable bonds is 2. The number of ether oxygens (including phenoxy) is 1. The van der Waals surface area contributed by atoms with Crippen LogP contribution in [0.5, 0.6) is 5.75 Å². The third-order valence-corrected chi connectivity index (χ3v) is 5.53. The average Bonchev–Trinajstić information content (AvgIpc) is 2.68. The van der Waals surface area contributed by atoms with Gasteiger partial charge in [0.25, 0.3) is 0 Å². The molecule has 1 spiro atoms. The van der Waals surface area contributed by atoms with E-state index in [1.807, 2.05) is 0 Å². The van der Waals surface area contributed by atoms with E-state index in [1.165, 1.54) is 18.5 Å². The fourth-order valence-electron chi connectivity index (χ4n) is 3.74. The quantitative estimate of drug-likeness (QED) is 0.877. The minimum absolute atomic E-state index is 0.00535. The zero-order chi connectivity index (χ0) is 14.9. The summed E-state index contributed by atoms with van der Waals surface area (Å²) in [6.07, 6.45) is 4.60. The zero-order valence-electron chi connectivity index (χ0n) is 13.0. The summed E-state index contributed by atoms with van der Waals surface area (Å²) in [5.41, 5.74) is 1.30. The molecule has 1 saturated heterocycles. The third-order valence-electron chi connectivity index (χ3n) is 5.04. The summed E-state index contributed by atoms with van der Waals surface area (Å²) in [6.45, 7) is 5.75. The van der Waals surface area contributed by atoms with Crippen molar-refractivity contribution in [1.29, 1.82) is 0 Å². The number of nitrogens with one attached hydrogen (secondary N) is 1. The van der Waals surface area contributed by atoms with Crippen LogP contribution in [-0.2, 0) is 0 Å². The van der Waals surface area contributed by atoms with Gasteiger partial charge in [-0.15, -0.1) is 0 Å². The third kappa shape index (κ3) is 3.13. The van der Waals surface area contributed by atoms with Crippen LogP contribution in [0.4, 0.5) is 0 Å². The molecule has 0 radical (unpaired) electrons. The minimum atomic E-state index is 0.00535. The van der Waals surface area contributed by atoms with E-state index < -0.39 is 0 Å². The van der Waals surface area contributed by atoms with Crippen LogP contribution in [-0.4, -0.2) is 37.2 Å². The Balaban J connectivity index is 1.88. The van der Waals surface area contributed by atoms with Gasteiger partial charge in [-0.25, -0.2) is 0 Å². The van der Waals surface area contributed by atoms with E-state index >= 15 is 0 Å². The normalized spacial score (nSPS) is 29.8. The fraction of sp³-hybridized carbons (Fsp3) is 0.647. The molecule has 2 heterocycles. The van der Waals surface area contributed by atoms with Gasteiger partial charge in [-0.1, -0.05) is 28.9 Å². The summed E-state index contributed by atoms with van der Waals surface area (Å²) in [6, 6.07) is 6.82. The number of hydrogen-bond donors (Lipinski definition) is 1. The minimum Gasteiger partial charge on any atom is -0.487 e. The lowest BCUT2D eigenvalue weighted by Gasteiger charge is -2.42. The van der Waals surface area contributed by atoms with Crippen molar-refractivity contribution in [3.63, 3.8) is 0 Å². The Morgan fingerprint density at radius 1 is 1.38 bits per heavy atom. The molecular formula is C17H25BrN2O. The monoisotopic (exact) mass is 352 g/mol. The molecule has 4 heteroatoms. The van der Waals surface area contributed by atoms with E-state index in [4.69, 9.17) is 4.74 Å². The summed E-state index contributed by atoms with van der Waals surface area (Å²) in [4.78, 5) is 2.54. The summed E-state index contributed by atoms with van der Waals surface area (Å²) >= 11 is 3.57. The number of likely N-dealkylation sites (tertiary alicyclic amines) is 1. The number of halogens is 1. The Kier molecular flexibility index (Phi) is 4.57. The van der Waals surface area contributed by atoms with Gasteiger partial charge in [-0.05, 0) is 51.5 Å². The second kappa shape index (κ2) is 6.27. The van der Waals surface area contributed by atoms with Crippen molar-refractivity contribution < 1.29 is 4.74 Å². The molecule has 1 fully saturated rings. The first-order valence-corrected chi connectivity index (χ1v) is 8.83. The molecule has 2 aliphatic heterocycles. The van der Waals surface area contributed by atoms with E-state index in [1.54, 1.807) is 0 Å². The van der Waals surface area contributed by atoms with Gasteiger partial charge >= 0.3 is 0 Å². The van der Waals surface area contributed by atoms with Crippen molar-refractivity contribution in [2.45, 2.75) is 44.2 Å². The predicted octanol–water partition coefficient (Wildman–Crippen LogP) is 3.74. The van der Waals surface area contributed by atoms with Crippen LogP contribution in [0, 0.1) is 0 Å². The Labute approximate surface area is 136 Å². The SMILES string of the molecule is CCN1CCCC2(CC1)CC(NC)c1ccc(Br)cc1O2. The predicted molar refractivity (Wildman–Crippen MR) is 89.9 cm³/mol. The summed E-state index contributed by atoms with van der Waals surface area (Å²) < 4.78 is 7.64. The van der Waals surface area contributed by atoms with Crippen molar-refractivity contribution in [2.24, 2.45) is 0 Å². The highest BCUT2D eigenvalue weighted by Crippen LogP contribution is 2.44. The van der Waals surface area contributed by atoms with Crippen LogP contribution in [0.15, 0.2) is 22.7 Å². The van der Waals surface area contributed by atoms with Crippen molar-refractivity contribution in [3.8, 4) is 5.75 Å². The maximum Gasteiger partial charge on any atom is 0.126 e. The lowest BCUT2D eigenvalue weighted by atomic mass is 9.82. The molecule has 0 saturated carbocycles. The molecule has 3 nitrogen and oxygen atoms in total. The van der Waals surface area contributed by atoms with Crippen molar-refractivity contribution in [2.75, 3.05) is 26.7 Å². The Hall–Kier alpha value is -0.580. The van der Waals surface area contributed by atoms with Crippen LogP contribution < -0.4 is 10.1 Å². The Morgan fingerprint density at radius 3 is 3.00 bits per heavy atom. The smallest absolute Gasteiger partial charge is 0.126 e. The molecule has 21 heavy (non-hydrogen) atoms. The molecule has 0 aromatic heterocycles. The first-order chi connectivity index (χ1) is 10.2. The van der Waals surface area contributed by atoms with Crippen LogP contribution >= 0.6 is 15.9 Å². The first kappa shape index (κ1) is 15.3. The van der Waals surface area contributed by atoms with Gasteiger partial charge in [-0.3, -0.25) is 0 Å². The van der Waals surface area contributed by atoms with Crippen molar-refractivity contribution >= 4 is 15.9 Å². The van der Waals surface area contributed by atoms with Crippen molar-refractivity contribution in [1.82, 2.24) is 10.2 Å². The van der Waals surface area contributed by atoms with Crippen LogP contribution in [0.2, 0.25) is 0 Å². The number of hydrogen-bond acceptors (Lipinski definition) is 3. The standard InChI is InChI=1S/C17H25BrN2O/c1-3-20-9-4-7-17(8-10-20)12-15(19-2)14-6-5-13(18)11-16(14)21-17/h5-6,11,15,19H,3-4,7-10,12H2,1-2H3.